The van der Waals surface area contributed by atoms with E-state index < -0.39 is 11.5 Å². The van der Waals surface area contributed by atoms with E-state index in [1.165, 1.54) is 11.8 Å². The van der Waals surface area contributed by atoms with Crippen LogP contribution >= 0.6 is 23.4 Å². The highest BCUT2D eigenvalue weighted by Gasteiger charge is 2.51. The number of thioether (sulfide) groups is 1. The van der Waals surface area contributed by atoms with Crippen molar-refractivity contribution < 1.29 is 14.7 Å². The fraction of sp³-hybridized carbons (Fsp3) is 0.333. The first-order chi connectivity index (χ1) is 8.53. The quantitative estimate of drug-likeness (QED) is 0.814. The second-order valence-corrected chi connectivity index (χ2v) is 5.58. The van der Waals surface area contributed by atoms with Crippen molar-refractivity contribution >= 4 is 35.2 Å². The van der Waals surface area contributed by atoms with E-state index in [-0.39, 0.29) is 11.7 Å². The number of aliphatic carboxylic acids is 1. The smallest absolute Gasteiger partial charge is 0.329 e. The van der Waals surface area contributed by atoms with Crippen LogP contribution in [0.1, 0.15) is 12.8 Å². The number of halogens is 1. The zero-order valence-corrected chi connectivity index (χ0v) is 11.1. The van der Waals surface area contributed by atoms with Gasteiger partial charge in [-0.05, 0) is 25.0 Å². The van der Waals surface area contributed by atoms with Crippen LogP contribution in [0.2, 0.25) is 5.02 Å². The van der Waals surface area contributed by atoms with E-state index in [1.807, 2.05) is 18.2 Å². The molecule has 1 amide bonds. The summed E-state index contributed by atoms with van der Waals surface area (Å²) < 4.78 is 0. The Kier molecular flexibility index (Phi) is 3.82. The van der Waals surface area contributed by atoms with Crippen molar-refractivity contribution in [3.8, 4) is 0 Å². The van der Waals surface area contributed by atoms with Gasteiger partial charge in [-0.3, -0.25) is 4.79 Å². The van der Waals surface area contributed by atoms with Crippen molar-refractivity contribution in [2.75, 3.05) is 5.75 Å². The Hall–Kier alpha value is -1.20. The Labute approximate surface area is 114 Å². The average Bonchev–Trinajstić information content (AvgIpc) is 3.09. The second kappa shape index (κ2) is 5.20. The molecule has 0 unspecified atom stereocenters. The van der Waals surface area contributed by atoms with Gasteiger partial charge in [0.05, 0.1) is 10.8 Å². The molecule has 2 rings (SSSR count). The first kappa shape index (κ1) is 13.2. The van der Waals surface area contributed by atoms with Crippen LogP contribution in [0, 0.1) is 0 Å². The van der Waals surface area contributed by atoms with Crippen LogP contribution in [0.15, 0.2) is 29.2 Å². The largest absolute Gasteiger partial charge is 0.480 e. The molecule has 0 spiro atoms. The molecule has 0 aliphatic heterocycles. The van der Waals surface area contributed by atoms with Crippen LogP contribution in [-0.2, 0) is 9.59 Å². The molecule has 0 aromatic heterocycles. The van der Waals surface area contributed by atoms with Crippen molar-refractivity contribution in [1.82, 2.24) is 5.32 Å². The topological polar surface area (TPSA) is 66.4 Å². The fourth-order valence-corrected chi connectivity index (χ4v) is 2.56. The van der Waals surface area contributed by atoms with Gasteiger partial charge in [-0.2, -0.15) is 0 Å². The van der Waals surface area contributed by atoms with Gasteiger partial charge < -0.3 is 10.4 Å². The maximum Gasteiger partial charge on any atom is 0.329 e. The highest BCUT2D eigenvalue weighted by atomic mass is 35.5. The van der Waals surface area contributed by atoms with E-state index in [2.05, 4.69) is 5.32 Å². The second-order valence-electron chi connectivity index (χ2n) is 4.15. The van der Waals surface area contributed by atoms with E-state index in [0.29, 0.717) is 17.9 Å². The van der Waals surface area contributed by atoms with Gasteiger partial charge in [0.2, 0.25) is 5.91 Å². The molecule has 1 aromatic rings. The Morgan fingerprint density at radius 1 is 1.39 bits per heavy atom. The summed E-state index contributed by atoms with van der Waals surface area (Å²) in [6.07, 6.45) is 1.01. The Morgan fingerprint density at radius 2 is 2.06 bits per heavy atom. The number of carbonyl (C=O) groups excluding carboxylic acids is 1. The molecule has 4 nitrogen and oxygen atoms in total. The molecule has 1 aliphatic carbocycles. The predicted octanol–water partition coefficient (Wildman–Crippen LogP) is 2.17. The lowest BCUT2D eigenvalue weighted by molar-refractivity contribution is -0.142. The number of amides is 1. The normalized spacial score (nSPS) is 16.1. The van der Waals surface area contributed by atoms with Gasteiger partial charge in [0, 0.05) is 4.90 Å². The summed E-state index contributed by atoms with van der Waals surface area (Å²) in [5, 5.41) is 12.1. The summed E-state index contributed by atoms with van der Waals surface area (Å²) in [6, 6.07) is 7.23. The van der Waals surface area contributed by atoms with Gasteiger partial charge in [0.25, 0.3) is 0 Å². The molecule has 0 heterocycles. The maximum atomic E-state index is 11.6. The Bertz CT molecular complexity index is 488. The molecule has 0 bridgehead atoms. The minimum absolute atomic E-state index is 0.165. The third-order valence-electron chi connectivity index (χ3n) is 2.73. The molecule has 1 aromatic carbocycles. The molecule has 0 saturated heterocycles. The monoisotopic (exact) mass is 285 g/mol. The van der Waals surface area contributed by atoms with Crippen molar-refractivity contribution in [2.24, 2.45) is 0 Å². The number of hydrogen-bond acceptors (Lipinski definition) is 3. The van der Waals surface area contributed by atoms with Gasteiger partial charge >= 0.3 is 5.97 Å². The summed E-state index contributed by atoms with van der Waals surface area (Å²) in [5.41, 5.74) is -1.02. The molecule has 2 N–H and O–H groups in total. The molecule has 0 atom stereocenters. The van der Waals surface area contributed by atoms with Crippen LogP contribution in [0.25, 0.3) is 0 Å². The van der Waals surface area contributed by atoms with E-state index in [9.17, 15) is 9.59 Å². The molecular formula is C12H12ClNO3S. The molecule has 6 heteroatoms. The first-order valence-electron chi connectivity index (χ1n) is 5.45. The molecule has 1 fully saturated rings. The van der Waals surface area contributed by atoms with Crippen LogP contribution in [-0.4, -0.2) is 28.3 Å². The zero-order valence-electron chi connectivity index (χ0n) is 9.48. The number of hydrogen-bond donors (Lipinski definition) is 2. The lowest BCUT2D eigenvalue weighted by Crippen LogP contribution is -2.43. The van der Waals surface area contributed by atoms with Gasteiger partial charge in [0.15, 0.2) is 0 Å². The van der Waals surface area contributed by atoms with Crippen LogP contribution < -0.4 is 5.32 Å². The first-order valence-corrected chi connectivity index (χ1v) is 6.82. The van der Waals surface area contributed by atoms with E-state index >= 15 is 0 Å². The number of carboxylic acid groups (broad SMARTS) is 1. The molecule has 96 valence electrons. The van der Waals surface area contributed by atoms with Gasteiger partial charge in [-0.25, -0.2) is 4.79 Å². The summed E-state index contributed by atoms with van der Waals surface area (Å²) in [5.74, 6) is -1.07. The number of carbonyl (C=O) groups is 2. The van der Waals surface area contributed by atoms with E-state index in [4.69, 9.17) is 16.7 Å². The number of nitrogens with one attached hydrogen (secondary N) is 1. The highest BCUT2D eigenvalue weighted by molar-refractivity contribution is 8.00. The Morgan fingerprint density at radius 3 is 2.61 bits per heavy atom. The van der Waals surface area contributed by atoms with Crippen LogP contribution in [0.4, 0.5) is 0 Å². The average molecular weight is 286 g/mol. The third-order valence-corrected chi connectivity index (χ3v) is 4.25. The minimum atomic E-state index is -1.02. The Balaban J connectivity index is 1.86. The maximum absolute atomic E-state index is 11.6. The molecule has 0 radical (unpaired) electrons. The van der Waals surface area contributed by atoms with Crippen LogP contribution in [0.5, 0.6) is 0 Å². The molecular weight excluding hydrogens is 274 g/mol. The van der Waals surface area contributed by atoms with Crippen LogP contribution in [0.3, 0.4) is 0 Å². The van der Waals surface area contributed by atoms with Crippen molar-refractivity contribution in [2.45, 2.75) is 23.3 Å². The third kappa shape index (κ3) is 2.97. The van der Waals surface area contributed by atoms with Crippen molar-refractivity contribution in [3.63, 3.8) is 0 Å². The van der Waals surface area contributed by atoms with Gasteiger partial charge in [0.1, 0.15) is 5.54 Å². The van der Waals surface area contributed by atoms with Crippen molar-refractivity contribution in [1.29, 1.82) is 0 Å². The van der Waals surface area contributed by atoms with E-state index in [0.717, 1.165) is 4.90 Å². The summed E-state index contributed by atoms with van der Waals surface area (Å²) in [7, 11) is 0. The molecule has 1 saturated carbocycles. The standard InChI is InChI=1S/C12H12ClNO3S/c13-8-3-1-2-4-9(8)18-7-10(15)14-12(5-6-12)11(16)17/h1-4H,5-7H2,(H,14,15)(H,16,17). The summed E-state index contributed by atoms with van der Waals surface area (Å²) >= 11 is 7.26. The van der Waals surface area contributed by atoms with Gasteiger partial charge in [-0.15, -0.1) is 11.8 Å². The highest BCUT2D eigenvalue weighted by Crippen LogP contribution is 2.35. The van der Waals surface area contributed by atoms with E-state index in [1.54, 1.807) is 6.07 Å². The fourth-order valence-electron chi connectivity index (χ4n) is 1.53. The lowest BCUT2D eigenvalue weighted by Gasteiger charge is -2.12. The number of rotatable bonds is 5. The SMILES string of the molecule is O=C(CSc1ccccc1Cl)NC1(C(=O)O)CC1. The predicted molar refractivity (Wildman–Crippen MR) is 69.9 cm³/mol. The summed E-state index contributed by atoms with van der Waals surface area (Å²) in [4.78, 5) is 23.4. The zero-order chi connectivity index (χ0) is 13.2. The lowest BCUT2D eigenvalue weighted by atomic mass is 10.3. The number of carboxylic acids is 1. The number of benzene rings is 1. The van der Waals surface area contributed by atoms with Crippen molar-refractivity contribution in [3.05, 3.63) is 29.3 Å². The van der Waals surface area contributed by atoms with Gasteiger partial charge in [-0.1, -0.05) is 23.7 Å². The molecule has 18 heavy (non-hydrogen) atoms. The minimum Gasteiger partial charge on any atom is -0.480 e. The summed E-state index contributed by atoms with van der Waals surface area (Å²) in [6.45, 7) is 0. The molecule has 1 aliphatic rings.